The molecule has 1 saturated heterocycles. The van der Waals surface area contributed by atoms with Crippen molar-refractivity contribution in [2.75, 3.05) is 24.6 Å². The summed E-state index contributed by atoms with van der Waals surface area (Å²) in [7, 11) is 0. The largest absolute Gasteiger partial charge is 0.476 e. The Labute approximate surface area is 127 Å². The molecule has 116 valence electrons. The van der Waals surface area contributed by atoms with E-state index in [9.17, 15) is 4.79 Å². The van der Waals surface area contributed by atoms with Crippen LogP contribution in [0.4, 0.5) is 5.69 Å². The molecule has 0 atom stereocenters. The molecule has 0 amide bonds. The molecule has 4 heteroatoms. The van der Waals surface area contributed by atoms with Crippen LogP contribution in [0.25, 0.3) is 0 Å². The number of ether oxygens (including phenoxy) is 2. The maximum atomic E-state index is 11.9. The topological polar surface area (TPSA) is 38.8 Å². The number of rotatable bonds is 5. The van der Waals surface area contributed by atoms with Crippen LogP contribution in [0.15, 0.2) is 24.3 Å². The Kier molecular flexibility index (Phi) is 5.10. The van der Waals surface area contributed by atoms with Gasteiger partial charge >= 0.3 is 5.97 Å². The molecule has 0 spiro atoms. The zero-order valence-corrected chi connectivity index (χ0v) is 13.2. The maximum absolute atomic E-state index is 11.9. The van der Waals surface area contributed by atoms with Crippen LogP contribution in [0.5, 0.6) is 5.75 Å². The minimum atomic E-state index is -0.976. The molecular formula is C17H25NO3. The van der Waals surface area contributed by atoms with E-state index < -0.39 is 5.60 Å². The van der Waals surface area contributed by atoms with E-state index in [1.54, 1.807) is 20.8 Å². The molecule has 21 heavy (non-hydrogen) atoms. The SMILES string of the molecule is CCOC(=O)C(C)(C)Oc1cccc(N2CCCCC2)c1. The highest BCUT2D eigenvalue weighted by atomic mass is 16.6. The van der Waals surface area contributed by atoms with Crippen molar-refractivity contribution < 1.29 is 14.3 Å². The van der Waals surface area contributed by atoms with Crippen molar-refractivity contribution in [2.24, 2.45) is 0 Å². The molecule has 0 aliphatic carbocycles. The summed E-state index contributed by atoms with van der Waals surface area (Å²) in [4.78, 5) is 14.3. The molecule has 1 aliphatic rings. The molecule has 1 heterocycles. The molecule has 0 aromatic heterocycles. The Morgan fingerprint density at radius 1 is 1.24 bits per heavy atom. The Bertz CT molecular complexity index is 479. The second-order valence-electron chi connectivity index (χ2n) is 5.88. The van der Waals surface area contributed by atoms with E-state index in [1.165, 1.54) is 19.3 Å². The number of carbonyl (C=O) groups is 1. The van der Waals surface area contributed by atoms with Crippen molar-refractivity contribution in [1.29, 1.82) is 0 Å². The predicted octanol–water partition coefficient (Wildman–Crippen LogP) is 3.40. The van der Waals surface area contributed by atoms with Gasteiger partial charge in [0.25, 0.3) is 0 Å². The van der Waals surface area contributed by atoms with Gasteiger partial charge in [-0.2, -0.15) is 0 Å². The number of hydrogen-bond donors (Lipinski definition) is 0. The first-order valence-corrected chi connectivity index (χ1v) is 7.74. The standard InChI is InChI=1S/C17H25NO3/c1-4-20-16(19)17(2,3)21-15-10-8-9-14(13-15)18-11-6-5-7-12-18/h8-10,13H,4-7,11-12H2,1-3H3. The van der Waals surface area contributed by atoms with Crippen LogP contribution < -0.4 is 9.64 Å². The van der Waals surface area contributed by atoms with E-state index >= 15 is 0 Å². The first-order valence-electron chi connectivity index (χ1n) is 7.74. The number of hydrogen-bond acceptors (Lipinski definition) is 4. The minimum absolute atomic E-state index is 0.339. The summed E-state index contributed by atoms with van der Waals surface area (Å²) >= 11 is 0. The monoisotopic (exact) mass is 291 g/mol. The Morgan fingerprint density at radius 3 is 2.62 bits per heavy atom. The van der Waals surface area contributed by atoms with Crippen LogP contribution in [0.3, 0.4) is 0 Å². The highest BCUT2D eigenvalue weighted by Gasteiger charge is 2.31. The van der Waals surface area contributed by atoms with Crippen LogP contribution in [-0.2, 0) is 9.53 Å². The van der Waals surface area contributed by atoms with Gasteiger partial charge in [0.1, 0.15) is 5.75 Å². The summed E-state index contributed by atoms with van der Waals surface area (Å²) in [6, 6.07) is 7.96. The maximum Gasteiger partial charge on any atom is 0.349 e. The first-order chi connectivity index (χ1) is 10.0. The van der Waals surface area contributed by atoms with Crippen molar-refractivity contribution in [3.63, 3.8) is 0 Å². The lowest BCUT2D eigenvalue weighted by atomic mass is 10.1. The van der Waals surface area contributed by atoms with Gasteiger partial charge in [0.2, 0.25) is 0 Å². The fourth-order valence-corrected chi connectivity index (χ4v) is 2.54. The van der Waals surface area contributed by atoms with Crippen molar-refractivity contribution in [2.45, 2.75) is 45.6 Å². The van der Waals surface area contributed by atoms with Gasteiger partial charge < -0.3 is 14.4 Å². The highest BCUT2D eigenvalue weighted by Crippen LogP contribution is 2.27. The summed E-state index contributed by atoms with van der Waals surface area (Å²) in [5, 5.41) is 0. The average Bonchev–Trinajstić information content (AvgIpc) is 2.48. The summed E-state index contributed by atoms with van der Waals surface area (Å²) in [5.41, 5.74) is 0.183. The summed E-state index contributed by atoms with van der Waals surface area (Å²) in [6.45, 7) is 7.80. The van der Waals surface area contributed by atoms with E-state index in [2.05, 4.69) is 11.0 Å². The summed E-state index contributed by atoms with van der Waals surface area (Å²) in [5.74, 6) is 0.365. The molecule has 1 aromatic rings. The molecule has 4 nitrogen and oxygen atoms in total. The van der Waals surface area contributed by atoms with Gasteiger partial charge in [0.05, 0.1) is 6.61 Å². The molecule has 0 unspecified atom stereocenters. The summed E-state index contributed by atoms with van der Waals surface area (Å²) in [6.07, 6.45) is 3.78. The van der Waals surface area contributed by atoms with Crippen LogP contribution in [0.2, 0.25) is 0 Å². The van der Waals surface area contributed by atoms with Crippen LogP contribution in [0.1, 0.15) is 40.0 Å². The van der Waals surface area contributed by atoms with E-state index in [1.807, 2.05) is 18.2 Å². The van der Waals surface area contributed by atoms with Crippen molar-refractivity contribution in [3.8, 4) is 5.75 Å². The molecule has 1 aromatic carbocycles. The average molecular weight is 291 g/mol. The van der Waals surface area contributed by atoms with E-state index in [4.69, 9.17) is 9.47 Å². The number of piperidine rings is 1. The van der Waals surface area contributed by atoms with E-state index in [0.29, 0.717) is 12.4 Å². The third-order valence-electron chi connectivity index (χ3n) is 3.68. The molecule has 0 bridgehead atoms. The summed E-state index contributed by atoms with van der Waals surface area (Å²) < 4.78 is 10.9. The highest BCUT2D eigenvalue weighted by molar-refractivity contribution is 5.79. The van der Waals surface area contributed by atoms with Crippen LogP contribution in [-0.4, -0.2) is 31.3 Å². The van der Waals surface area contributed by atoms with Gasteiger partial charge in [-0.05, 0) is 52.2 Å². The molecule has 1 aliphatic heterocycles. The van der Waals surface area contributed by atoms with Gasteiger partial charge in [-0.3, -0.25) is 0 Å². The smallest absolute Gasteiger partial charge is 0.349 e. The molecule has 2 rings (SSSR count). The van der Waals surface area contributed by atoms with Gasteiger partial charge in [0.15, 0.2) is 5.60 Å². The van der Waals surface area contributed by atoms with E-state index in [-0.39, 0.29) is 5.97 Å². The van der Waals surface area contributed by atoms with Gasteiger partial charge in [0, 0.05) is 24.8 Å². The fourth-order valence-electron chi connectivity index (χ4n) is 2.54. The molecular weight excluding hydrogens is 266 g/mol. The zero-order valence-electron chi connectivity index (χ0n) is 13.2. The fraction of sp³-hybridized carbons (Fsp3) is 0.588. The third-order valence-corrected chi connectivity index (χ3v) is 3.68. The van der Waals surface area contributed by atoms with Gasteiger partial charge in [-0.15, -0.1) is 0 Å². The zero-order chi connectivity index (χ0) is 15.3. The number of anilines is 1. The predicted molar refractivity (Wildman–Crippen MR) is 83.8 cm³/mol. The second-order valence-corrected chi connectivity index (χ2v) is 5.88. The lowest BCUT2D eigenvalue weighted by Gasteiger charge is -2.30. The number of benzene rings is 1. The Balaban J connectivity index is 2.08. The third kappa shape index (κ3) is 4.13. The number of carbonyl (C=O) groups excluding carboxylic acids is 1. The molecule has 0 N–H and O–H groups in total. The first kappa shape index (κ1) is 15.7. The van der Waals surface area contributed by atoms with Crippen molar-refractivity contribution >= 4 is 11.7 Å². The Morgan fingerprint density at radius 2 is 1.95 bits per heavy atom. The minimum Gasteiger partial charge on any atom is -0.476 e. The molecule has 0 saturated carbocycles. The molecule has 0 radical (unpaired) electrons. The van der Waals surface area contributed by atoms with Crippen molar-refractivity contribution in [3.05, 3.63) is 24.3 Å². The van der Waals surface area contributed by atoms with Gasteiger partial charge in [-0.25, -0.2) is 4.79 Å². The van der Waals surface area contributed by atoms with E-state index in [0.717, 1.165) is 18.8 Å². The normalized spacial score (nSPS) is 15.7. The van der Waals surface area contributed by atoms with Gasteiger partial charge in [-0.1, -0.05) is 6.07 Å². The van der Waals surface area contributed by atoms with Crippen molar-refractivity contribution in [1.82, 2.24) is 0 Å². The number of esters is 1. The lowest BCUT2D eigenvalue weighted by Crippen LogP contribution is -2.39. The molecule has 1 fully saturated rings. The lowest BCUT2D eigenvalue weighted by molar-refractivity contribution is -0.158. The van der Waals surface area contributed by atoms with Crippen LogP contribution >= 0.6 is 0 Å². The Hall–Kier alpha value is -1.71. The quantitative estimate of drug-likeness (QED) is 0.779. The van der Waals surface area contributed by atoms with Crippen LogP contribution in [0, 0.1) is 0 Å². The number of nitrogens with zero attached hydrogens (tertiary/aromatic N) is 1. The second kappa shape index (κ2) is 6.83.